The molecule has 2 N–H and O–H groups in total. The number of hydrogen-bond donors (Lipinski definition) is 2. The Bertz CT molecular complexity index is 299. The number of piperidine rings is 1. The number of allylic oxidation sites excluding steroid dienone is 3. The summed E-state index contributed by atoms with van der Waals surface area (Å²) in [4.78, 5) is 2.32. The highest BCUT2D eigenvalue weighted by atomic mass is 16.3. The van der Waals surface area contributed by atoms with E-state index in [0.717, 1.165) is 32.4 Å². The van der Waals surface area contributed by atoms with Crippen molar-refractivity contribution in [1.29, 1.82) is 0 Å². The van der Waals surface area contributed by atoms with Gasteiger partial charge in [-0.25, -0.2) is 0 Å². The highest BCUT2D eigenvalue weighted by molar-refractivity contribution is 5.22. The smallest absolute Gasteiger partial charge is 0.0587 e. The Balaban J connectivity index is 1.81. The van der Waals surface area contributed by atoms with Gasteiger partial charge in [0.2, 0.25) is 0 Å². The molecule has 2 aliphatic rings. The molecule has 1 heterocycles. The molecule has 0 aromatic carbocycles. The van der Waals surface area contributed by atoms with Gasteiger partial charge in [0.05, 0.1) is 12.7 Å². The van der Waals surface area contributed by atoms with E-state index in [1.54, 1.807) is 0 Å². The van der Waals surface area contributed by atoms with Crippen LogP contribution in [0.4, 0.5) is 0 Å². The average Bonchev–Trinajstić information content (AvgIpc) is 2.38. The molecule has 0 aromatic heterocycles. The molecule has 1 aliphatic heterocycles. The molecule has 96 valence electrons. The van der Waals surface area contributed by atoms with Crippen LogP contribution in [0.2, 0.25) is 0 Å². The third-order valence-electron chi connectivity index (χ3n) is 3.78. The summed E-state index contributed by atoms with van der Waals surface area (Å²) in [5.41, 5.74) is 1.42. The second kappa shape index (κ2) is 6.34. The minimum Gasteiger partial charge on any atom is -0.395 e. The Morgan fingerprint density at radius 3 is 2.94 bits per heavy atom. The summed E-state index contributed by atoms with van der Waals surface area (Å²) in [6.07, 6.45) is 11.5. The molecule has 0 amide bonds. The molecule has 2 unspecified atom stereocenters. The molecule has 1 aliphatic carbocycles. The van der Waals surface area contributed by atoms with Gasteiger partial charge in [0, 0.05) is 19.1 Å². The Kier molecular flexibility index (Phi) is 4.77. The highest BCUT2D eigenvalue weighted by Gasteiger charge is 2.26. The average molecular weight is 237 g/mol. The molecule has 2 rings (SSSR count). The van der Waals surface area contributed by atoms with Gasteiger partial charge in [0.15, 0.2) is 0 Å². The molecular weight excluding hydrogens is 214 g/mol. The van der Waals surface area contributed by atoms with Crippen LogP contribution in [0.3, 0.4) is 0 Å². The lowest BCUT2D eigenvalue weighted by atomic mass is 9.98. The number of rotatable bonds is 4. The van der Waals surface area contributed by atoms with E-state index in [4.69, 9.17) is 0 Å². The van der Waals surface area contributed by atoms with Crippen molar-refractivity contribution in [2.45, 2.75) is 44.2 Å². The first-order valence-corrected chi connectivity index (χ1v) is 6.68. The van der Waals surface area contributed by atoms with E-state index in [2.05, 4.69) is 23.1 Å². The van der Waals surface area contributed by atoms with Crippen LogP contribution >= 0.6 is 0 Å². The Hall–Kier alpha value is -0.640. The normalized spacial score (nSPS) is 30.4. The zero-order chi connectivity index (χ0) is 12.1. The summed E-state index contributed by atoms with van der Waals surface area (Å²) < 4.78 is 0. The largest absolute Gasteiger partial charge is 0.395 e. The quantitative estimate of drug-likeness (QED) is 0.778. The predicted octanol–water partition coefficient (Wildman–Crippen LogP) is 1.47. The van der Waals surface area contributed by atoms with E-state index < -0.39 is 0 Å². The van der Waals surface area contributed by atoms with Gasteiger partial charge in [-0.05, 0) is 32.1 Å². The lowest BCUT2D eigenvalue weighted by molar-refractivity contribution is 0.0178. The monoisotopic (exact) mass is 237 g/mol. The van der Waals surface area contributed by atoms with Gasteiger partial charge in [-0.15, -0.1) is 0 Å². The van der Waals surface area contributed by atoms with Crippen LogP contribution in [-0.4, -0.2) is 47.0 Å². The molecule has 0 saturated carbocycles. The van der Waals surface area contributed by atoms with Crippen LogP contribution in [0.5, 0.6) is 0 Å². The van der Waals surface area contributed by atoms with Gasteiger partial charge in [-0.1, -0.05) is 23.8 Å². The first-order chi connectivity index (χ1) is 8.29. The van der Waals surface area contributed by atoms with Crippen molar-refractivity contribution < 1.29 is 10.2 Å². The fourth-order valence-electron chi connectivity index (χ4n) is 2.69. The first kappa shape index (κ1) is 12.8. The Morgan fingerprint density at radius 1 is 1.35 bits per heavy atom. The topological polar surface area (TPSA) is 43.7 Å². The molecule has 0 bridgehead atoms. The van der Waals surface area contributed by atoms with Crippen molar-refractivity contribution in [2.24, 2.45) is 0 Å². The molecule has 17 heavy (non-hydrogen) atoms. The van der Waals surface area contributed by atoms with E-state index in [-0.39, 0.29) is 18.8 Å². The minimum atomic E-state index is -0.225. The van der Waals surface area contributed by atoms with Gasteiger partial charge < -0.3 is 10.2 Å². The Labute approximate surface area is 103 Å². The van der Waals surface area contributed by atoms with Crippen LogP contribution in [0.25, 0.3) is 0 Å². The molecule has 1 fully saturated rings. The second-order valence-electron chi connectivity index (χ2n) is 5.06. The molecule has 0 spiro atoms. The van der Waals surface area contributed by atoms with Crippen molar-refractivity contribution in [3.8, 4) is 0 Å². The van der Waals surface area contributed by atoms with Crippen LogP contribution < -0.4 is 0 Å². The first-order valence-electron chi connectivity index (χ1n) is 6.68. The van der Waals surface area contributed by atoms with Gasteiger partial charge in [0.1, 0.15) is 0 Å². The molecule has 0 aromatic rings. The molecule has 1 saturated heterocycles. The van der Waals surface area contributed by atoms with E-state index in [9.17, 15) is 10.2 Å². The molecule has 2 atom stereocenters. The van der Waals surface area contributed by atoms with Crippen LogP contribution in [0.1, 0.15) is 32.1 Å². The number of hydrogen-bond acceptors (Lipinski definition) is 3. The fourth-order valence-corrected chi connectivity index (χ4v) is 2.69. The highest BCUT2D eigenvalue weighted by Crippen LogP contribution is 2.20. The summed E-state index contributed by atoms with van der Waals surface area (Å²) in [6, 6.07) is 0.145. The fraction of sp³-hybridized carbons (Fsp3) is 0.714. The van der Waals surface area contributed by atoms with Gasteiger partial charge in [-0.3, -0.25) is 4.90 Å². The van der Waals surface area contributed by atoms with Gasteiger partial charge in [0.25, 0.3) is 0 Å². The van der Waals surface area contributed by atoms with E-state index in [1.807, 2.05) is 0 Å². The number of aliphatic hydroxyl groups excluding tert-OH is 2. The van der Waals surface area contributed by atoms with Crippen LogP contribution in [0.15, 0.2) is 23.8 Å². The third-order valence-corrected chi connectivity index (χ3v) is 3.78. The summed E-state index contributed by atoms with van der Waals surface area (Å²) >= 11 is 0. The number of nitrogens with zero attached hydrogens (tertiary/aromatic N) is 1. The van der Waals surface area contributed by atoms with Crippen molar-refractivity contribution in [2.75, 3.05) is 19.7 Å². The second-order valence-corrected chi connectivity index (χ2v) is 5.06. The third kappa shape index (κ3) is 3.66. The maximum absolute atomic E-state index is 9.59. The van der Waals surface area contributed by atoms with E-state index in [0.29, 0.717) is 6.42 Å². The number of aliphatic hydroxyl groups is 2. The minimum absolute atomic E-state index is 0.145. The van der Waals surface area contributed by atoms with Crippen molar-refractivity contribution in [1.82, 2.24) is 4.90 Å². The summed E-state index contributed by atoms with van der Waals surface area (Å²) in [6.45, 7) is 2.06. The van der Waals surface area contributed by atoms with Crippen molar-refractivity contribution in [3.63, 3.8) is 0 Å². The van der Waals surface area contributed by atoms with Crippen LogP contribution in [0, 0.1) is 0 Å². The van der Waals surface area contributed by atoms with Crippen molar-refractivity contribution >= 4 is 0 Å². The molecule has 3 nitrogen and oxygen atoms in total. The maximum Gasteiger partial charge on any atom is 0.0587 e. The molecular formula is C14H23NO2. The van der Waals surface area contributed by atoms with Crippen molar-refractivity contribution in [3.05, 3.63) is 23.8 Å². The summed E-state index contributed by atoms with van der Waals surface area (Å²) in [5.74, 6) is 0. The van der Waals surface area contributed by atoms with Crippen LogP contribution in [-0.2, 0) is 0 Å². The molecule has 0 radical (unpaired) electrons. The summed E-state index contributed by atoms with van der Waals surface area (Å²) in [7, 11) is 0. The molecule has 3 heteroatoms. The Morgan fingerprint density at radius 2 is 2.24 bits per heavy atom. The SMILES string of the molecule is OCC1CC(O)CCN1CCC1=CCCC=C1. The van der Waals surface area contributed by atoms with Gasteiger partial charge >= 0.3 is 0 Å². The lowest BCUT2D eigenvalue weighted by Gasteiger charge is -2.37. The van der Waals surface area contributed by atoms with E-state index in [1.165, 1.54) is 12.0 Å². The number of likely N-dealkylation sites (tertiary alicyclic amines) is 1. The van der Waals surface area contributed by atoms with E-state index >= 15 is 0 Å². The standard InChI is InChI=1S/C14H23NO2/c16-11-13-10-14(17)7-9-15(13)8-6-12-4-2-1-3-5-12/h2,4-5,13-14,16-17H,1,3,6-11H2. The summed E-state index contributed by atoms with van der Waals surface area (Å²) in [5, 5.41) is 18.9. The lowest BCUT2D eigenvalue weighted by Crippen LogP contribution is -2.46. The predicted molar refractivity (Wildman–Crippen MR) is 68.8 cm³/mol. The maximum atomic E-state index is 9.59. The zero-order valence-corrected chi connectivity index (χ0v) is 10.4. The van der Waals surface area contributed by atoms with Gasteiger partial charge in [-0.2, -0.15) is 0 Å². The zero-order valence-electron chi connectivity index (χ0n) is 10.4.